The summed E-state index contributed by atoms with van der Waals surface area (Å²) in [4.78, 5) is 18.3. The van der Waals surface area contributed by atoms with Gasteiger partial charge in [0, 0.05) is 12.0 Å². The Kier molecular flexibility index (Phi) is 5.82. The minimum Gasteiger partial charge on any atom is -0.334 e. The molecule has 0 spiro atoms. The molecule has 1 aromatic heterocycles. The largest absolute Gasteiger partial charge is 0.334 e. The molecule has 0 amide bonds. The Labute approximate surface area is 170 Å². The maximum atomic E-state index is 13.4. The minimum atomic E-state index is 0.0287. The average Bonchev–Trinajstić information content (AvgIpc) is 2.78. The first-order valence-electron chi connectivity index (χ1n) is 10.2. The predicted molar refractivity (Wildman–Crippen MR) is 117 cm³/mol. The molecule has 0 saturated carbocycles. The summed E-state index contributed by atoms with van der Waals surface area (Å²) in [5, 5.41) is 2.96. The molecule has 0 saturated heterocycles. The van der Waals surface area contributed by atoms with Crippen molar-refractivity contribution in [2.24, 2.45) is 0 Å². The van der Waals surface area contributed by atoms with Gasteiger partial charge in [-0.25, -0.2) is 4.98 Å². The van der Waals surface area contributed by atoms with E-state index in [9.17, 15) is 4.79 Å². The third-order valence-electron chi connectivity index (χ3n) is 5.33. The first-order chi connectivity index (χ1) is 14.3. The van der Waals surface area contributed by atoms with Crippen molar-refractivity contribution in [2.45, 2.75) is 32.5 Å². The number of aromatic nitrogens is 2. The zero-order valence-corrected chi connectivity index (χ0v) is 16.7. The third-order valence-corrected chi connectivity index (χ3v) is 5.33. The van der Waals surface area contributed by atoms with Crippen molar-refractivity contribution in [1.29, 1.82) is 0 Å². The van der Waals surface area contributed by atoms with Crippen molar-refractivity contribution in [1.82, 2.24) is 9.55 Å². The molecule has 2 N–H and O–H groups in total. The maximum absolute atomic E-state index is 13.4. The van der Waals surface area contributed by atoms with Gasteiger partial charge >= 0.3 is 0 Å². The third kappa shape index (κ3) is 4.28. The lowest BCUT2D eigenvalue weighted by Crippen LogP contribution is -2.84. The second-order valence-electron chi connectivity index (χ2n) is 7.30. The molecule has 0 aliphatic heterocycles. The fourth-order valence-electron chi connectivity index (χ4n) is 3.73. The van der Waals surface area contributed by atoms with Gasteiger partial charge in [-0.3, -0.25) is 9.36 Å². The molecule has 3 aromatic carbocycles. The van der Waals surface area contributed by atoms with Crippen molar-refractivity contribution in [3.05, 3.63) is 112 Å². The Morgan fingerprint density at radius 2 is 1.48 bits per heavy atom. The molecule has 29 heavy (non-hydrogen) atoms. The van der Waals surface area contributed by atoms with Crippen molar-refractivity contribution < 1.29 is 5.32 Å². The molecule has 0 aliphatic rings. The summed E-state index contributed by atoms with van der Waals surface area (Å²) in [5.41, 5.74) is 3.17. The number of nitrogens with zero attached hydrogens (tertiary/aromatic N) is 2. The molecule has 4 rings (SSSR count). The number of quaternary nitrogens is 1. The lowest BCUT2D eigenvalue weighted by atomic mass is 10.1. The molecule has 4 nitrogen and oxygen atoms in total. The van der Waals surface area contributed by atoms with Crippen LogP contribution >= 0.6 is 0 Å². The topological polar surface area (TPSA) is 51.5 Å². The summed E-state index contributed by atoms with van der Waals surface area (Å²) in [6, 6.07) is 28.3. The molecule has 146 valence electrons. The van der Waals surface area contributed by atoms with Crippen LogP contribution in [0.25, 0.3) is 10.9 Å². The van der Waals surface area contributed by atoms with Crippen LogP contribution in [-0.2, 0) is 13.1 Å². The molecule has 4 aromatic rings. The normalized spacial score (nSPS) is 12.2. The molecule has 0 bridgehead atoms. The number of hydrogen-bond acceptors (Lipinski definition) is 2. The summed E-state index contributed by atoms with van der Waals surface area (Å²) in [6.07, 6.45) is 0.895. The number of para-hydroxylation sites is 1. The van der Waals surface area contributed by atoms with Crippen LogP contribution in [-0.4, -0.2) is 9.55 Å². The summed E-state index contributed by atoms with van der Waals surface area (Å²) in [7, 11) is 0. The highest BCUT2D eigenvalue weighted by molar-refractivity contribution is 5.77. The van der Waals surface area contributed by atoms with Gasteiger partial charge in [0.25, 0.3) is 5.56 Å². The zero-order chi connectivity index (χ0) is 20.1. The summed E-state index contributed by atoms with van der Waals surface area (Å²) < 4.78 is 1.85. The van der Waals surface area contributed by atoms with Gasteiger partial charge in [-0.15, -0.1) is 0 Å². The van der Waals surface area contributed by atoms with Gasteiger partial charge in [0.15, 0.2) is 5.82 Å². The van der Waals surface area contributed by atoms with E-state index in [4.69, 9.17) is 4.98 Å². The van der Waals surface area contributed by atoms with E-state index >= 15 is 0 Å². The quantitative estimate of drug-likeness (QED) is 0.529. The Hall–Kier alpha value is -3.24. The van der Waals surface area contributed by atoms with E-state index in [0.29, 0.717) is 11.9 Å². The van der Waals surface area contributed by atoms with E-state index in [1.807, 2.05) is 53.1 Å². The van der Waals surface area contributed by atoms with E-state index < -0.39 is 0 Å². The zero-order valence-electron chi connectivity index (χ0n) is 16.7. The summed E-state index contributed by atoms with van der Waals surface area (Å²) in [6.45, 7) is 3.54. The number of rotatable bonds is 7. The summed E-state index contributed by atoms with van der Waals surface area (Å²) >= 11 is 0. The maximum Gasteiger partial charge on any atom is 0.261 e. The van der Waals surface area contributed by atoms with Crippen LogP contribution in [0.5, 0.6) is 0 Å². The number of fused-ring (bicyclic) bond motifs is 1. The second kappa shape index (κ2) is 8.84. The number of nitrogens with two attached hydrogens (primary N) is 1. The second-order valence-corrected chi connectivity index (χ2v) is 7.30. The molecule has 0 radical (unpaired) electrons. The van der Waals surface area contributed by atoms with Crippen LogP contribution in [0.2, 0.25) is 0 Å². The molecule has 0 fully saturated rings. The highest BCUT2D eigenvalue weighted by Gasteiger charge is 2.21. The summed E-state index contributed by atoms with van der Waals surface area (Å²) in [5.74, 6) is 0.844. The van der Waals surface area contributed by atoms with Crippen molar-refractivity contribution >= 4 is 10.9 Å². The van der Waals surface area contributed by atoms with Gasteiger partial charge in [0.05, 0.1) is 17.4 Å². The Morgan fingerprint density at radius 3 is 2.17 bits per heavy atom. The van der Waals surface area contributed by atoms with E-state index in [-0.39, 0.29) is 11.6 Å². The smallest absolute Gasteiger partial charge is 0.261 e. The Morgan fingerprint density at radius 1 is 0.862 bits per heavy atom. The molecule has 0 aliphatic carbocycles. The lowest BCUT2D eigenvalue weighted by molar-refractivity contribution is -0.712. The van der Waals surface area contributed by atoms with Crippen LogP contribution in [0.4, 0.5) is 0 Å². The van der Waals surface area contributed by atoms with Crippen LogP contribution in [0, 0.1) is 0 Å². The van der Waals surface area contributed by atoms with Gasteiger partial charge in [0.2, 0.25) is 0 Å². The average molecular weight is 385 g/mol. The van der Waals surface area contributed by atoms with Gasteiger partial charge < -0.3 is 5.32 Å². The van der Waals surface area contributed by atoms with Crippen molar-refractivity contribution in [2.75, 3.05) is 0 Å². The molecular weight excluding hydrogens is 358 g/mol. The Balaban J connectivity index is 1.75. The number of hydrogen-bond donors (Lipinski definition) is 1. The molecule has 4 heteroatoms. The number of benzene rings is 3. The van der Waals surface area contributed by atoms with Crippen molar-refractivity contribution in [3.63, 3.8) is 0 Å². The fourth-order valence-corrected chi connectivity index (χ4v) is 3.73. The van der Waals surface area contributed by atoms with Gasteiger partial charge in [-0.05, 0) is 17.7 Å². The highest BCUT2D eigenvalue weighted by atomic mass is 16.1. The van der Waals surface area contributed by atoms with Crippen LogP contribution < -0.4 is 10.9 Å². The van der Waals surface area contributed by atoms with E-state index in [1.54, 1.807) is 0 Å². The van der Waals surface area contributed by atoms with Crippen LogP contribution in [0.1, 0.15) is 36.3 Å². The lowest BCUT2D eigenvalue weighted by Gasteiger charge is -2.19. The monoisotopic (exact) mass is 384 g/mol. The molecule has 0 unspecified atom stereocenters. The predicted octanol–water partition coefficient (Wildman–Crippen LogP) is 3.66. The van der Waals surface area contributed by atoms with Crippen molar-refractivity contribution in [3.8, 4) is 0 Å². The van der Waals surface area contributed by atoms with E-state index in [0.717, 1.165) is 29.9 Å². The fraction of sp³-hybridized carbons (Fsp3) is 0.200. The van der Waals surface area contributed by atoms with E-state index in [1.165, 1.54) is 5.56 Å². The van der Waals surface area contributed by atoms with Crippen LogP contribution in [0.15, 0.2) is 89.7 Å². The molecule has 1 atom stereocenters. The van der Waals surface area contributed by atoms with Crippen LogP contribution in [0.3, 0.4) is 0 Å². The molecular formula is C25H26N3O+. The standard InChI is InChI=1S/C25H25N3O/c1-2-22(26-17-19-11-5-3-6-12-19)24-27-23-16-10-9-15-21(23)25(29)28(24)18-20-13-7-4-8-14-20/h3-16,22,26H,2,17-18H2,1H3/p+1/t22-/m1/s1. The first kappa shape index (κ1) is 19.1. The highest BCUT2D eigenvalue weighted by Crippen LogP contribution is 2.16. The van der Waals surface area contributed by atoms with Gasteiger partial charge in [0.1, 0.15) is 12.6 Å². The molecule has 1 heterocycles. The van der Waals surface area contributed by atoms with Gasteiger partial charge in [-0.1, -0.05) is 79.7 Å². The van der Waals surface area contributed by atoms with Gasteiger partial charge in [-0.2, -0.15) is 0 Å². The SMILES string of the molecule is CC[C@@H]([NH2+]Cc1ccccc1)c1nc2ccccc2c(=O)n1Cc1ccccc1. The Bertz CT molecular complexity index is 1140. The minimum absolute atomic E-state index is 0.0287. The first-order valence-corrected chi connectivity index (χ1v) is 10.2. The van der Waals surface area contributed by atoms with E-state index in [2.05, 4.69) is 48.6 Å².